The first-order valence-corrected chi connectivity index (χ1v) is 8.53. The lowest BCUT2D eigenvalue weighted by Gasteiger charge is -2.03. The third kappa shape index (κ3) is 2.50. The molecule has 0 radical (unpaired) electrons. The van der Waals surface area contributed by atoms with Crippen molar-refractivity contribution in [2.24, 2.45) is 12.2 Å². The molecular weight excluding hydrogens is 328 g/mol. The standard InChI is InChI=1S/C16H14N4O3S/c1-9-10(5-11(8-17)20(9)2)6-14-13-7-12(24(18,22)23)3-4-15(13)19-16(14)21/h3-7H,1-2H3,(H,19,21)(H2,18,22,23)/b14-6-. The molecule has 0 unspecified atom stereocenters. The second-order valence-electron chi connectivity index (χ2n) is 5.51. The van der Waals surface area contributed by atoms with Crippen LogP contribution in [-0.4, -0.2) is 18.9 Å². The summed E-state index contributed by atoms with van der Waals surface area (Å²) in [6.07, 6.45) is 1.64. The highest BCUT2D eigenvalue weighted by molar-refractivity contribution is 7.89. The molecule has 1 aromatic carbocycles. The number of amides is 1. The maximum absolute atomic E-state index is 12.2. The van der Waals surface area contributed by atoms with Crippen LogP contribution in [0.4, 0.5) is 5.69 Å². The molecule has 24 heavy (non-hydrogen) atoms. The van der Waals surface area contributed by atoms with Gasteiger partial charge in [0.1, 0.15) is 11.8 Å². The van der Waals surface area contributed by atoms with Gasteiger partial charge in [-0.1, -0.05) is 0 Å². The van der Waals surface area contributed by atoms with E-state index in [-0.39, 0.29) is 10.8 Å². The van der Waals surface area contributed by atoms with Crippen LogP contribution in [0.5, 0.6) is 0 Å². The van der Waals surface area contributed by atoms with Crippen LogP contribution < -0.4 is 10.5 Å². The van der Waals surface area contributed by atoms with Crippen LogP contribution in [0.25, 0.3) is 11.6 Å². The number of rotatable bonds is 2. The largest absolute Gasteiger partial charge is 0.339 e. The topological polar surface area (TPSA) is 118 Å². The summed E-state index contributed by atoms with van der Waals surface area (Å²) >= 11 is 0. The molecule has 1 amide bonds. The Balaban J connectivity index is 2.18. The Morgan fingerprint density at radius 2 is 2.04 bits per heavy atom. The Labute approximate surface area is 139 Å². The van der Waals surface area contributed by atoms with Crippen LogP contribution in [-0.2, 0) is 21.9 Å². The van der Waals surface area contributed by atoms with E-state index in [0.29, 0.717) is 28.1 Å². The minimum Gasteiger partial charge on any atom is -0.339 e. The van der Waals surface area contributed by atoms with E-state index < -0.39 is 10.0 Å². The number of aromatic nitrogens is 1. The van der Waals surface area contributed by atoms with Crippen LogP contribution in [0.15, 0.2) is 29.2 Å². The zero-order valence-corrected chi connectivity index (χ0v) is 13.8. The van der Waals surface area contributed by atoms with E-state index in [4.69, 9.17) is 10.4 Å². The molecule has 122 valence electrons. The average Bonchev–Trinajstić information content (AvgIpc) is 2.97. The van der Waals surface area contributed by atoms with E-state index in [0.717, 1.165) is 5.69 Å². The van der Waals surface area contributed by atoms with Gasteiger partial charge in [-0.2, -0.15) is 5.26 Å². The van der Waals surface area contributed by atoms with Gasteiger partial charge in [0.05, 0.1) is 4.90 Å². The van der Waals surface area contributed by atoms with Crippen LogP contribution in [0.1, 0.15) is 22.5 Å². The molecular formula is C16H14N4O3S. The Hall–Kier alpha value is -2.89. The van der Waals surface area contributed by atoms with Crippen molar-refractivity contribution in [2.45, 2.75) is 11.8 Å². The van der Waals surface area contributed by atoms with E-state index >= 15 is 0 Å². The third-order valence-electron chi connectivity index (χ3n) is 4.09. The van der Waals surface area contributed by atoms with Crippen LogP contribution >= 0.6 is 0 Å². The van der Waals surface area contributed by atoms with E-state index in [9.17, 15) is 13.2 Å². The zero-order valence-electron chi connectivity index (χ0n) is 13.0. The smallest absolute Gasteiger partial charge is 0.256 e. The van der Waals surface area contributed by atoms with E-state index in [1.165, 1.54) is 18.2 Å². The van der Waals surface area contributed by atoms with Gasteiger partial charge in [-0.3, -0.25) is 4.79 Å². The van der Waals surface area contributed by atoms with Gasteiger partial charge in [0.15, 0.2) is 0 Å². The van der Waals surface area contributed by atoms with Crippen molar-refractivity contribution in [2.75, 3.05) is 5.32 Å². The van der Waals surface area contributed by atoms with Gasteiger partial charge in [0.25, 0.3) is 5.91 Å². The number of nitrogens with zero attached hydrogens (tertiary/aromatic N) is 2. The molecule has 3 N–H and O–H groups in total. The minimum atomic E-state index is -3.87. The Bertz CT molecular complexity index is 1060. The highest BCUT2D eigenvalue weighted by Crippen LogP contribution is 2.35. The molecule has 0 atom stereocenters. The summed E-state index contributed by atoms with van der Waals surface area (Å²) in [5.41, 5.74) is 3.32. The van der Waals surface area contributed by atoms with Gasteiger partial charge in [-0.25, -0.2) is 13.6 Å². The summed E-state index contributed by atoms with van der Waals surface area (Å²) in [6, 6.07) is 7.98. The molecule has 3 rings (SSSR count). The fourth-order valence-electron chi connectivity index (χ4n) is 2.62. The van der Waals surface area contributed by atoms with E-state index in [1.807, 2.05) is 6.92 Å². The molecule has 0 bridgehead atoms. The number of nitrogens with one attached hydrogen (secondary N) is 1. The van der Waals surface area contributed by atoms with Gasteiger partial charge in [0.2, 0.25) is 10.0 Å². The minimum absolute atomic E-state index is 0.0638. The molecule has 7 nitrogen and oxygen atoms in total. The Kier molecular flexibility index (Phi) is 3.55. The third-order valence-corrected chi connectivity index (χ3v) is 5.00. The lowest BCUT2D eigenvalue weighted by molar-refractivity contribution is -0.110. The SMILES string of the molecule is Cc1c(/C=C2\C(=O)Nc3ccc(S(N)(=O)=O)cc32)cc(C#N)n1C. The molecule has 0 saturated carbocycles. The van der Waals surface area contributed by atoms with Crippen molar-refractivity contribution in [1.82, 2.24) is 4.57 Å². The molecule has 0 fully saturated rings. The fraction of sp³-hybridized carbons (Fsp3) is 0.125. The van der Waals surface area contributed by atoms with Gasteiger partial charge in [0, 0.05) is 29.6 Å². The van der Waals surface area contributed by atoms with Crippen LogP contribution in [0.2, 0.25) is 0 Å². The average molecular weight is 342 g/mol. The van der Waals surface area contributed by atoms with Gasteiger partial charge < -0.3 is 9.88 Å². The summed E-state index contributed by atoms with van der Waals surface area (Å²) < 4.78 is 24.8. The summed E-state index contributed by atoms with van der Waals surface area (Å²) in [6.45, 7) is 1.84. The molecule has 1 aliphatic heterocycles. The molecule has 2 heterocycles. The van der Waals surface area contributed by atoms with Crippen molar-refractivity contribution >= 4 is 33.3 Å². The summed E-state index contributed by atoms with van der Waals surface area (Å²) in [5, 5.41) is 16.9. The van der Waals surface area contributed by atoms with Gasteiger partial charge >= 0.3 is 0 Å². The number of anilines is 1. The van der Waals surface area contributed by atoms with E-state index in [2.05, 4.69) is 11.4 Å². The number of primary sulfonamides is 1. The van der Waals surface area contributed by atoms with Gasteiger partial charge in [-0.15, -0.1) is 0 Å². The first-order chi connectivity index (χ1) is 11.2. The second kappa shape index (κ2) is 5.33. The molecule has 2 aromatic rings. The monoisotopic (exact) mass is 342 g/mol. The second-order valence-corrected chi connectivity index (χ2v) is 7.07. The number of carbonyl (C=O) groups excluding carboxylic acids is 1. The number of carbonyl (C=O) groups is 1. The maximum atomic E-state index is 12.2. The fourth-order valence-corrected chi connectivity index (χ4v) is 3.16. The van der Waals surface area contributed by atoms with Crippen molar-refractivity contribution in [3.05, 3.63) is 46.8 Å². The van der Waals surface area contributed by atoms with Crippen molar-refractivity contribution < 1.29 is 13.2 Å². The molecule has 1 aromatic heterocycles. The number of nitrogens with two attached hydrogens (primary N) is 1. The summed E-state index contributed by atoms with van der Waals surface area (Å²) in [4.78, 5) is 12.2. The molecule has 0 aliphatic carbocycles. The van der Waals surface area contributed by atoms with Crippen LogP contribution in [0.3, 0.4) is 0 Å². The number of hydrogen-bond acceptors (Lipinski definition) is 4. The first kappa shape index (κ1) is 16.0. The summed E-state index contributed by atoms with van der Waals surface area (Å²) in [5.74, 6) is -0.335. The lowest BCUT2D eigenvalue weighted by Crippen LogP contribution is -2.12. The molecule has 0 saturated heterocycles. The Morgan fingerprint density at radius 1 is 1.33 bits per heavy atom. The Morgan fingerprint density at radius 3 is 2.62 bits per heavy atom. The number of fused-ring (bicyclic) bond motifs is 1. The number of hydrogen-bond donors (Lipinski definition) is 2. The summed E-state index contributed by atoms with van der Waals surface area (Å²) in [7, 11) is -2.10. The predicted octanol–water partition coefficient (Wildman–Crippen LogP) is 1.35. The quantitative estimate of drug-likeness (QED) is 0.801. The maximum Gasteiger partial charge on any atom is 0.256 e. The van der Waals surface area contributed by atoms with Crippen LogP contribution in [0, 0.1) is 18.3 Å². The number of benzene rings is 1. The van der Waals surface area contributed by atoms with Crippen molar-refractivity contribution in [1.29, 1.82) is 5.26 Å². The van der Waals surface area contributed by atoms with E-state index in [1.54, 1.807) is 23.8 Å². The number of nitriles is 1. The van der Waals surface area contributed by atoms with Crippen molar-refractivity contribution in [3.8, 4) is 6.07 Å². The number of sulfonamides is 1. The van der Waals surface area contributed by atoms with Gasteiger partial charge in [-0.05, 0) is 42.8 Å². The highest BCUT2D eigenvalue weighted by Gasteiger charge is 2.26. The first-order valence-electron chi connectivity index (χ1n) is 6.99. The zero-order chi connectivity index (χ0) is 17.6. The highest BCUT2D eigenvalue weighted by atomic mass is 32.2. The molecule has 8 heteroatoms. The normalized spacial score (nSPS) is 15.2. The molecule has 0 spiro atoms. The van der Waals surface area contributed by atoms with Crippen molar-refractivity contribution in [3.63, 3.8) is 0 Å². The predicted molar refractivity (Wildman–Crippen MR) is 89.2 cm³/mol. The molecule has 1 aliphatic rings. The lowest BCUT2D eigenvalue weighted by atomic mass is 10.0.